The Hall–Kier alpha value is -1.55. The number of urea groups is 1. The van der Waals surface area contributed by atoms with Gasteiger partial charge in [-0.25, -0.2) is 4.79 Å². The third-order valence-electron chi connectivity index (χ3n) is 4.35. The second-order valence-electron chi connectivity index (χ2n) is 5.90. The van der Waals surface area contributed by atoms with Crippen LogP contribution in [0.5, 0.6) is 0 Å². The maximum atomic E-state index is 12.1. The molecule has 0 heterocycles. The molecule has 2 amide bonds. The van der Waals surface area contributed by atoms with Crippen molar-refractivity contribution in [2.24, 2.45) is 5.92 Å². The second-order valence-corrected chi connectivity index (χ2v) is 5.90. The minimum absolute atomic E-state index is 0.0252. The van der Waals surface area contributed by atoms with Crippen LogP contribution in [0.2, 0.25) is 0 Å². The van der Waals surface area contributed by atoms with E-state index in [0.29, 0.717) is 0 Å². The quantitative estimate of drug-likeness (QED) is 0.723. The average Bonchev–Trinajstić information content (AvgIpc) is 2.48. The van der Waals surface area contributed by atoms with Gasteiger partial charge < -0.3 is 15.7 Å². The van der Waals surface area contributed by atoms with Crippen LogP contribution in [0.3, 0.4) is 0 Å². The van der Waals surface area contributed by atoms with Crippen molar-refractivity contribution in [2.45, 2.75) is 51.1 Å². The normalized spacial score (nSPS) is 17.6. The summed E-state index contributed by atoms with van der Waals surface area (Å²) in [7, 11) is 0. The van der Waals surface area contributed by atoms with E-state index >= 15 is 0 Å². The summed E-state index contributed by atoms with van der Waals surface area (Å²) in [5.41, 5.74) is 1.15. The maximum absolute atomic E-state index is 12.1. The molecule has 2 atom stereocenters. The van der Waals surface area contributed by atoms with Crippen molar-refractivity contribution in [1.82, 2.24) is 10.6 Å². The van der Waals surface area contributed by atoms with E-state index in [-0.39, 0.29) is 24.7 Å². The summed E-state index contributed by atoms with van der Waals surface area (Å²) in [6.07, 6.45) is 5.55. The van der Waals surface area contributed by atoms with Crippen LogP contribution < -0.4 is 10.6 Å². The number of carbonyl (C=O) groups excluding carboxylic acids is 1. The Kier molecular flexibility index (Phi) is 6.05. The highest BCUT2D eigenvalue weighted by Crippen LogP contribution is 2.34. The van der Waals surface area contributed by atoms with E-state index in [1.807, 2.05) is 25.1 Å². The Bertz CT molecular complexity index is 428. The van der Waals surface area contributed by atoms with Crippen molar-refractivity contribution in [3.63, 3.8) is 0 Å². The van der Waals surface area contributed by atoms with Gasteiger partial charge in [-0.1, -0.05) is 56.5 Å². The molecule has 0 bridgehead atoms. The van der Waals surface area contributed by atoms with Gasteiger partial charge in [0.05, 0.1) is 18.7 Å². The number of carbonyl (C=O) groups is 1. The number of benzene rings is 1. The Morgan fingerprint density at radius 2 is 2.00 bits per heavy atom. The van der Waals surface area contributed by atoms with E-state index < -0.39 is 0 Å². The van der Waals surface area contributed by atoms with E-state index in [2.05, 4.69) is 22.8 Å². The van der Waals surface area contributed by atoms with Crippen LogP contribution in [-0.2, 0) is 0 Å². The molecule has 4 heteroatoms. The van der Waals surface area contributed by atoms with E-state index in [1.54, 1.807) is 0 Å². The van der Waals surface area contributed by atoms with Gasteiger partial charge in [0.25, 0.3) is 0 Å². The van der Waals surface area contributed by atoms with Crippen LogP contribution in [-0.4, -0.2) is 23.8 Å². The summed E-state index contributed by atoms with van der Waals surface area (Å²) in [5, 5.41) is 15.1. The predicted octanol–water partition coefficient (Wildman–Crippen LogP) is 2.99. The van der Waals surface area contributed by atoms with Gasteiger partial charge in [0.1, 0.15) is 0 Å². The number of nitrogens with one attached hydrogen (secondary N) is 2. The molecule has 0 spiro atoms. The van der Waals surface area contributed by atoms with E-state index in [4.69, 9.17) is 0 Å². The summed E-state index contributed by atoms with van der Waals surface area (Å²) >= 11 is 0. The first-order chi connectivity index (χ1) is 10.2. The molecule has 1 fully saturated rings. The number of aliphatic hydroxyl groups excluding tert-OH is 1. The molecule has 3 N–H and O–H groups in total. The third kappa shape index (κ3) is 4.74. The molecule has 0 radical (unpaired) electrons. The first-order valence-corrected chi connectivity index (χ1v) is 7.95. The average molecular weight is 290 g/mol. The van der Waals surface area contributed by atoms with Crippen LogP contribution in [0, 0.1) is 5.92 Å². The summed E-state index contributed by atoms with van der Waals surface area (Å²) in [6.45, 7) is 1.92. The molecule has 2 unspecified atom stereocenters. The van der Waals surface area contributed by atoms with Crippen molar-refractivity contribution in [1.29, 1.82) is 0 Å². The van der Waals surface area contributed by atoms with Crippen molar-refractivity contribution in [3.05, 3.63) is 35.9 Å². The highest BCUT2D eigenvalue weighted by molar-refractivity contribution is 5.74. The smallest absolute Gasteiger partial charge is 0.315 e. The van der Waals surface area contributed by atoms with Gasteiger partial charge in [-0.2, -0.15) is 0 Å². The van der Waals surface area contributed by atoms with Gasteiger partial charge in [0.15, 0.2) is 0 Å². The van der Waals surface area contributed by atoms with E-state index in [1.165, 1.54) is 19.3 Å². The monoisotopic (exact) mass is 290 g/mol. The lowest BCUT2D eigenvalue weighted by atomic mass is 9.79. The molecule has 1 saturated carbocycles. The zero-order chi connectivity index (χ0) is 15.1. The fraction of sp³-hybridized carbons (Fsp3) is 0.588. The van der Waals surface area contributed by atoms with Crippen LogP contribution >= 0.6 is 0 Å². The number of hydrogen-bond donors (Lipinski definition) is 3. The van der Waals surface area contributed by atoms with E-state index in [0.717, 1.165) is 24.3 Å². The molecule has 1 aromatic rings. The molecule has 4 nitrogen and oxygen atoms in total. The first kappa shape index (κ1) is 15.8. The molecule has 1 aliphatic rings. The summed E-state index contributed by atoms with van der Waals surface area (Å²) < 4.78 is 0. The zero-order valence-corrected chi connectivity index (χ0v) is 12.7. The minimum Gasteiger partial charge on any atom is -0.394 e. The molecule has 21 heavy (non-hydrogen) atoms. The predicted molar refractivity (Wildman–Crippen MR) is 84.0 cm³/mol. The Morgan fingerprint density at radius 3 is 2.52 bits per heavy atom. The Labute approximate surface area is 126 Å². The lowest BCUT2D eigenvalue weighted by Gasteiger charge is -2.30. The Balaban J connectivity index is 1.96. The topological polar surface area (TPSA) is 61.4 Å². The number of rotatable bonds is 7. The molecule has 1 aliphatic carbocycles. The van der Waals surface area contributed by atoms with Crippen LogP contribution in [0.4, 0.5) is 4.79 Å². The SMILES string of the molecule is CCC(CO)NC(=O)NC(CC1CCC1)c1ccccc1. The lowest BCUT2D eigenvalue weighted by molar-refractivity contribution is 0.206. The number of amides is 2. The van der Waals surface area contributed by atoms with Gasteiger partial charge in [-0.05, 0) is 24.3 Å². The van der Waals surface area contributed by atoms with E-state index in [9.17, 15) is 9.90 Å². The minimum atomic E-state index is -0.191. The third-order valence-corrected chi connectivity index (χ3v) is 4.35. The fourth-order valence-corrected chi connectivity index (χ4v) is 2.69. The highest BCUT2D eigenvalue weighted by Gasteiger charge is 2.24. The molecule has 0 aliphatic heterocycles. The van der Waals surface area contributed by atoms with Crippen molar-refractivity contribution in [3.8, 4) is 0 Å². The number of aliphatic hydroxyl groups is 1. The van der Waals surface area contributed by atoms with Crippen molar-refractivity contribution < 1.29 is 9.90 Å². The summed E-state index contributed by atoms with van der Waals surface area (Å²) in [6, 6.07) is 9.81. The molecular formula is C17H26N2O2. The second kappa shape index (κ2) is 8.03. The van der Waals surface area contributed by atoms with Gasteiger partial charge in [0.2, 0.25) is 0 Å². The number of hydrogen-bond acceptors (Lipinski definition) is 2. The molecule has 1 aromatic carbocycles. The van der Waals surface area contributed by atoms with Gasteiger partial charge in [0, 0.05) is 0 Å². The molecule has 0 saturated heterocycles. The largest absolute Gasteiger partial charge is 0.394 e. The van der Waals surface area contributed by atoms with Crippen LogP contribution in [0.15, 0.2) is 30.3 Å². The zero-order valence-electron chi connectivity index (χ0n) is 12.7. The van der Waals surface area contributed by atoms with Crippen LogP contribution in [0.1, 0.15) is 50.6 Å². The van der Waals surface area contributed by atoms with Crippen molar-refractivity contribution in [2.75, 3.05) is 6.61 Å². The Morgan fingerprint density at radius 1 is 1.29 bits per heavy atom. The maximum Gasteiger partial charge on any atom is 0.315 e. The van der Waals surface area contributed by atoms with Crippen LogP contribution in [0.25, 0.3) is 0 Å². The van der Waals surface area contributed by atoms with Crippen molar-refractivity contribution >= 4 is 6.03 Å². The fourth-order valence-electron chi connectivity index (χ4n) is 2.69. The van der Waals surface area contributed by atoms with Gasteiger partial charge in [-0.15, -0.1) is 0 Å². The molecule has 116 valence electrons. The summed E-state index contributed by atoms with van der Waals surface area (Å²) in [4.78, 5) is 12.1. The first-order valence-electron chi connectivity index (χ1n) is 7.95. The lowest BCUT2D eigenvalue weighted by Crippen LogP contribution is -2.45. The van der Waals surface area contributed by atoms with Gasteiger partial charge >= 0.3 is 6.03 Å². The highest BCUT2D eigenvalue weighted by atomic mass is 16.3. The van der Waals surface area contributed by atoms with Gasteiger partial charge in [-0.3, -0.25) is 0 Å². The molecular weight excluding hydrogens is 264 g/mol. The molecule has 2 rings (SSSR count). The molecule has 0 aromatic heterocycles. The summed E-state index contributed by atoms with van der Waals surface area (Å²) in [5.74, 6) is 0.718. The standard InChI is InChI=1S/C17H26N2O2/c1-2-15(12-20)18-17(21)19-16(11-13-7-6-8-13)14-9-4-3-5-10-14/h3-5,9-10,13,15-16,20H,2,6-8,11-12H2,1H3,(H2,18,19,21).